The monoisotopic (exact) mass is 497 g/mol. The highest BCUT2D eigenvalue weighted by Crippen LogP contribution is 2.22. The summed E-state index contributed by atoms with van der Waals surface area (Å²) in [6.07, 6.45) is 0.456. The number of halogens is 1. The molecule has 2 N–H and O–H groups in total. The Morgan fingerprint density at radius 1 is 1.00 bits per heavy atom. The second-order valence-corrected chi connectivity index (χ2v) is 11.5. The van der Waals surface area contributed by atoms with Crippen LogP contribution in [-0.2, 0) is 24.7 Å². The van der Waals surface area contributed by atoms with Crippen LogP contribution in [0.5, 0.6) is 0 Å². The normalized spacial score (nSPS) is 15.2. The summed E-state index contributed by atoms with van der Waals surface area (Å²) in [6, 6.07) is 10.7. The summed E-state index contributed by atoms with van der Waals surface area (Å²) >= 11 is 0. The van der Waals surface area contributed by atoms with Gasteiger partial charge < -0.3 is 10.2 Å². The number of benzene rings is 2. The Hall–Kier alpha value is -2.99. The molecule has 0 spiro atoms. The number of likely N-dealkylation sites (tertiary alicyclic amines) is 1. The van der Waals surface area contributed by atoms with Gasteiger partial charge in [0.2, 0.25) is 5.91 Å². The molecule has 0 bridgehead atoms. The average Bonchev–Trinajstić information content (AvgIpc) is 2.79. The first-order valence-electron chi connectivity index (χ1n) is 10.1. The Balaban J connectivity index is 1.62. The lowest BCUT2D eigenvalue weighted by atomic mass is 10.1. The van der Waals surface area contributed by atoms with E-state index in [-0.39, 0.29) is 37.5 Å². The number of amides is 2. The average molecular weight is 498 g/mol. The molecule has 0 aromatic heterocycles. The lowest BCUT2D eigenvalue weighted by Crippen LogP contribution is -2.44. The number of carbonyl (C=O) groups excluding carboxylic acids is 2. The van der Waals surface area contributed by atoms with Crippen molar-refractivity contribution in [1.29, 1.82) is 0 Å². The van der Waals surface area contributed by atoms with Gasteiger partial charge in [-0.05, 0) is 49.2 Å². The first-order chi connectivity index (χ1) is 15.5. The van der Waals surface area contributed by atoms with Crippen molar-refractivity contribution < 1.29 is 30.8 Å². The molecule has 9 nitrogen and oxygen atoms in total. The molecule has 12 heteroatoms. The molecule has 2 aromatic carbocycles. The van der Waals surface area contributed by atoms with Crippen molar-refractivity contribution in [2.75, 3.05) is 30.6 Å². The van der Waals surface area contributed by atoms with E-state index in [0.717, 1.165) is 12.1 Å². The Morgan fingerprint density at radius 2 is 1.61 bits per heavy atom. The number of sulfonamides is 1. The molecule has 2 aromatic rings. The van der Waals surface area contributed by atoms with Gasteiger partial charge in [-0.15, -0.1) is 0 Å². The van der Waals surface area contributed by atoms with Crippen LogP contribution in [0.15, 0.2) is 53.4 Å². The molecule has 1 saturated heterocycles. The van der Waals surface area contributed by atoms with Gasteiger partial charge in [0.05, 0.1) is 5.25 Å². The number of sulfone groups is 1. The van der Waals surface area contributed by atoms with Gasteiger partial charge in [-0.3, -0.25) is 14.3 Å². The largest absolute Gasteiger partial charge is 0.358 e. The van der Waals surface area contributed by atoms with E-state index in [9.17, 15) is 30.8 Å². The minimum Gasteiger partial charge on any atom is -0.358 e. The van der Waals surface area contributed by atoms with Crippen molar-refractivity contribution in [3.05, 3.63) is 59.9 Å². The van der Waals surface area contributed by atoms with Crippen molar-refractivity contribution in [1.82, 2.24) is 10.2 Å². The maximum absolute atomic E-state index is 13.8. The SMILES string of the molecule is CNC(=O)CS(=O)(=O)C1CCN(C(=O)c2ccc(NS(=O)(=O)c3ccccc3F)cc2)CC1. The summed E-state index contributed by atoms with van der Waals surface area (Å²) in [5, 5.41) is 1.61. The Kier molecular flexibility index (Phi) is 7.38. The summed E-state index contributed by atoms with van der Waals surface area (Å²) in [5.74, 6) is -2.34. The van der Waals surface area contributed by atoms with Crippen molar-refractivity contribution in [3.63, 3.8) is 0 Å². The maximum atomic E-state index is 13.8. The zero-order valence-corrected chi connectivity index (χ0v) is 19.5. The second-order valence-electron chi connectivity index (χ2n) is 7.59. The van der Waals surface area contributed by atoms with Crippen LogP contribution in [-0.4, -0.2) is 64.7 Å². The van der Waals surface area contributed by atoms with Gasteiger partial charge in [0.15, 0.2) is 9.84 Å². The van der Waals surface area contributed by atoms with Crippen LogP contribution in [0, 0.1) is 5.82 Å². The third-order valence-corrected chi connectivity index (χ3v) is 8.92. The molecule has 0 unspecified atom stereocenters. The third-order valence-electron chi connectivity index (χ3n) is 5.36. The van der Waals surface area contributed by atoms with Gasteiger partial charge in [-0.1, -0.05) is 12.1 Å². The molecular weight excluding hydrogens is 473 g/mol. The Morgan fingerprint density at radius 3 is 2.18 bits per heavy atom. The lowest BCUT2D eigenvalue weighted by Gasteiger charge is -2.31. The zero-order chi connectivity index (χ0) is 24.2. The van der Waals surface area contributed by atoms with Crippen molar-refractivity contribution >= 4 is 37.4 Å². The van der Waals surface area contributed by atoms with Crippen molar-refractivity contribution in [2.45, 2.75) is 23.0 Å². The van der Waals surface area contributed by atoms with Crippen LogP contribution >= 0.6 is 0 Å². The van der Waals surface area contributed by atoms with Gasteiger partial charge in [-0.25, -0.2) is 21.2 Å². The van der Waals surface area contributed by atoms with Crippen LogP contribution in [0.4, 0.5) is 10.1 Å². The lowest BCUT2D eigenvalue weighted by molar-refractivity contribution is -0.118. The van der Waals surface area contributed by atoms with E-state index in [0.29, 0.717) is 5.56 Å². The van der Waals surface area contributed by atoms with E-state index >= 15 is 0 Å². The van der Waals surface area contributed by atoms with E-state index in [1.807, 2.05) is 0 Å². The summed E-state index contributed by atoms with van der Waals surface area (Å²) in [6.45, 7) is 0.441. The quantitative estimate of drug-likeness (QED) is 0.595. The molecule has 0 saturated carbocycles. The molecule has 1 heterocycles. The fraction of sp³-hybridized carbons (Fsp3) is 0.333. The summed E-state index contributed by atoms with van der Waals surface area (Å²) in [5.41, 5.74) is 0.462. The Labute approximate surface area is 192 Å². The van der Waals surface area contributed by atoms with Gasteiger partial charge in [-0.2, -0.15) is 0 Å². The van der Waals surface area contributed by atoms with E-state index in [4.69, 9.17) is 0 Å². The number of carbonyl (C=O) groups is 2. The number of anilines is 1. The van der Waals surface area contributed by atoms with E-state index in [1.165, 1.54) is 48.3 Å². The van der Waals surface area contributed by atoms with Gasteiger partial charge in [0.1, 0.15) is 16.5 Å². The number of piperidine rings is 1. The third kappa shape index (κ3) is 5.88. The molecule has 1 aliphatic heterocycles. The van der Waals surface area contributed by atoms with Crippen LogP contribution in [0.1, 0.15) is 23.2 Å². The van der Waals surface area contributed by atoms with Crippen molar-refractivity contribution in [3.8, 4) is 0 Å². The maximum Gasteiger partial charge on any atom is 0.264 e. The van der Waals surface area contributed by atoms with Crippen LogP contribution in [0.2, 0.25) is 0 Å². The molecule has 178 valence electrons. The molecule has 1 fully saturated rings. The highest BCUT2D eigenvalue weighted by atomic mass is 32.2. The first-order valence-corrected chi connectivity index (χ1v) is 13.3. The zero-order valence-electron chi connectivity index (χ0n) is 17.8. The highest BCUT2D eigenvalue weighted by molar-refractivity contribution is 7.93. The fourth-order valence-corrected chi connectivity index (χ4v) is 6.34. The highest BCUT2D eigenvalue weighted by Gasteiger charge is 2.33. The molecule has 0 atom stereocenters. The summed E-state index contributed by atoms with van der Waals surface area (Å²) in [4.78, 5) is 25.2. The molecule has 33 heavy (non-hydrogen) atoms. The smallest absolute Gasteiger partial charge is 0.264 e. The van der Waals surface area contributed by atoms with E-state index in [2.05, 4.69) is 10.0 Å². The van der Waals surface area contributed by atoms with Gasteiger partial charge in [0, 0.05) is 31.4 Å². The topological polar surface area (TPSA) is 130 Å². The minimum absolute atomic E-state index is 0.161. The van der Waals surface area contributed by atoms with Crippen LogP contribution in [0.3, 0.4) is 0 Å². The van der Waals surface area contributed by atoms with Gasteiger partial charge >= 0.3 is 0 Å². The predicted molar refractivity (Wildman–Crippen MR) is 120 cm³/mol. The fourth-order valence-electron chi connectivity index (χ4n) is 3.53. The van der Waals surface area contributed by atoms with E-state index < -0.39 is 47.5 Å². The molecule has 0 radical (unpaired) electrons. The van der Waals surface area contributed by atoms with Crippen LogP contribution in [0.25, 0.3) is 0 Å². The second kappa shape index (κ2) is 9.87. The summed E-state index contributed by atoms with van der Waals surface area (Å²) < 4.78 is 65.5. The van der Waals surface area contributed by atoms with Gasteiger partial charge in [0.25, 0.3) is 15.9 Å². The molecule has 0 aliphatic carbocycles. The number of hydrogen-bond acceptors (Lipinski definition) is 6. The van der Waals surface area contributed by atoms with E-state index in [1.54, 1.807) is 0 Å². The molecular formula is C21H24FN3O6S2. The molecule has 2 amide bonds. The number of rotatable bonds is 7. The van der Waals surface area contributed by atoms with Crippen LogP contribution < -0.4 is 10.0 Å². The number of nitrogens with one attached hydrogen (secondary N) is 2. The molecule has 1 aliphatic rings. The minimum atomic E-state index is -4.13. The summed E-state index contributed by atoms with van der Waals surface area (Å²) in [7, 11) is -6.36. The molecule has 3 rings (SSSR count). The predicted octanol–water partition coefficient (Wildman–Crippen LogP) is 1.39. The Bertz CT molecular complexity index is 1240. The number of hydrogen-bond donors (Lipinski definition) is 2. The first kappa shape index (κ1) is 24.6. The van der Waals surface area contributed by atoms with Crippen molar-refractivity contribution in [2.24, 2.45) is 0 Å². The number of nitrogens with zero attached hydrogens (tertiary/aromatic N) is 1. The standard InChI is InChI=1S/C21H24FN3O6S2/c1-23-20(26)14-32(28,29)17-10-12-25(13-11-17)21(27)15-6-8-16(9-7-15)24-33(30,31)19-5-3-2-4-18(19)22/h2-9,17,24H,10-14H2,1H3,(H,23,26).